The van der Waals surface area contributed by atoms with Gasteiger partial charge in [-0.25, -0.2) is 9.59 Å². The zero-order valence-corrected chi connectivity index (χ0v) is 13.5. The summed E-state index contributed by atoms with van der Waals surface area (Å²) in [5.41, 5.74) is 5.68. The summed E-state index contributed by atoms with van der Waals surface area (Å²) in [6.45, 7) is 1.44. The number of imide groups is 2. The van der Waals surface area contributed by atoms with Gasteiger partial charge in [-0.2, -0.15) is 0 Å². The number of nitrogens with zero attached hydrogens (tertiary/aromatic N) is 1. The summed E-state index contributed by atoms with van der Waals surface area (Å²) in [6, 6.07) is 5.05. The van der Waals surface area contributed by atoms with E-state index in [4.69, 9.17) is 10.5 Å². The molecule has 9 nitrogen and oxygen atoms in total. The molecule has 1 unspecified atom stereocenters. The lowest BCUT2D eigenvalue weighted by atomic mass is 10.1. The molecule has 0 bridgehead atoms. The maximum atomic E-state index is 12.0. The van der Waals surface area contributed by atoms with Crippen molar-refractivity contribution in [3.05, 3.63) is 35.4 Å². The third kappa shape index (κ3) is 4.63. The fourth-order valence-corrected chi connectivity index (χ4v) is 2.23. The fraction of sp³-hybridized carbons (Fsp3) is 0.312. The Morgan fingerprint density at radius 1 is 1.16 bits per heavy atom. The number of esters is 1. The number of rotatable bonds is 5. The van der Waals surface area contributed by atoms with Crippen LogP contribution < -0.4 is 11.1 Å². The number of carbonyl (C=O) groups excluding carboxylic acids is 5. The van der Waals surface area contributed by atoms with E-state index in [0.717, 1.165) is 0 Å². The highest BCUT2D eigenvalue weighted by Crippen LogP contribution is 2.16. The molecular formula is C16H17N3O6. The van der Waals surface area contributed by atoms with Gasteiger partial charge in [0.2, 0.25) is 11.8 Å². The second-order valence-corrected chi connectivity index (χ2v) is 5.47. The number of likely N-dealkylation sites (tertiary alicyclic amines) is 1. The van der Waals surface area contributed by atoms with Gasteiger partial charge in [-0.15, -0.1) is 0 Å². The minimum Gasteiger partial charge on any atom is -0.449 e. The molecule has 0 radical (unpaired) electrons. The Bertz CT molecular complexity index is 712. The number of primary amides is 1. The van der Waals surface area contributed by atoms with Crippen LogP contribution in [0.5, 0.6) is 0 Å². The Balaban J connectivity index is 1.96. The number of nitrogens with two attached hydrogens (primary N) is 1. The Morgan fingerprint density at radius 3 is 2.24 bits per heavy atom. The summed E-state index contributed by atoms with van der Waals surface area (Å²) in [4.78, 5) is 58.4. The molecule has 9 heteroatoms. The third-order valence-electron chi connectivity index (χ3n) is 3.58. The van der Waals surface area contributed by atoms with Crippen molar-refractivity contribution in [2.24, 2.45) is 5.73 Å². The lowest BCUT2D eigenvalue weighted by Crippen LogP contribution is -2.42. The van der Waals surface area contributed by atoms with Crippen LogP contribution in [0, 0.1) is 0 Å². The van der Waals surface area contributed by atoms with Crippen LogP contribution >= 0.6 is 0 Å². The van der Waals surface area contributed by atoms with Gasteiger partial charge in [-0.1, -0.05) is 12.1 Å². The summed E-state index contributed by atoms with van der Waals surface area (Å²) < 4.78 is 4.93. The second kappa shape index (κ2) is 7.56. The number of benzene rings is 1. The van der Waals surface area contributed by atoms with E-state index in [2.05, 4.69) is 0 Å². The van der Waals surface area contributed by atoms with E-state index in [1.54, 1.807) is 12.1 Å². The highest BCUT2D eigenvalue weighted by atomic mass is 16.5. The molecule has 1 saturated heterocycles. The van der Waals surface area contributed by atoms with Crippen LogP contribution in [0.1, 0.15) is 35.7 Å². The maximum absolute atomic E-state index is 12.0. The Kier molecular flexibility index (Phi) is 5.48. The number of carbonyl (C=O) groups is 5. The van der Waals surface area contributed by atoms with Crippen molar-refractivity contribution in [1.29, 1.82) is 0 Å². The number of hydrogen-bond donors (Lipinski definition) is 2. The number of nitrogens with one attached hydrogen (secondary N) is 1. The van der Waals surface area contributed by atoms with E-state index >= 15 is 0 Å². The first-order valence-electron chi connectivity index (χ1n) is 7.51. The van der Waals surface area contributed by atoms with Crippen molar-refractivity contribution in [2.45, 2.75) is 32.4 Å². The van der Waals surface area contributed by atoms with Crippen LogP contribution in [0.15, 0.2) is 24.3 Å². The summed E-state index contributed by atoms with van der Waals surface area (Å²) in [5.74, 6) is -2.03. The first-order chi connectivity index (χ1) is 11.8. The Hall–Kier alpha value is -3.23. The minimum absolute atomic E-state index is 0.143. The molecule has 2 rings (SSSR count). The van der Waals surface area contributed by atoms with Crippen LogP contribution in [0.3, 0.4) is 0 Å². The van der Waals surface area contributed by atoms with E-state index in [-0.39, 0.29) is 36.8 Å². The molecule has 1 aliphatic rings. The molecule has 1 aromatic rings. The average Bonchev–Trinajstić information content (AvgIpc) is 2.86. The topological polar surface area (TPSA) is 136 Å². The van der Waals surface area contributed by atoms with Gasteiger partial charge in [0.1, 0.15) is 0 Å². The largest absolute Gasteiger partial charge is 0.449 e. The van der Waals surface area contributed by atoms with Gasteiger partial charge >= 0.3 is 12.0 Å². The quantitative estimate of drug-likeness (QED) is 0.572. The summed E-state index contributed by atoms with van der Waals surface area (Å²) in [7, 11) is 0. The number of amides is 5. The predicted molar refractivity (Wildman–Crippen MR) is 83.8 cm³/mol. The molecule has 0 spiro atoms. The smallest absolute Gasteiger partial charge is 0.338 e. The van der Waals surface area contributed by atoms with Gasteiger partial charge in [-0.3, -0.25) is 24.6 Å². The minimum atomic E-state index is -1.19. The monoisotopic (exact) mass is 347 g/mol. The van der Waals surface area contributed by atoms with Crippen molar-refractivity contribution in [3.8, 4) is 0 Å². The molecule has 1 heterocycles. The molecule has 0 aliphatic carbocycles. The Labute approximate surface area is 143 Å². The van der Waals surface area contributed by atoms with Gasteiger partial charge in [0.25, 0.3) is 5.91 Å². The molecule has 1 fully saturated rings. The van der Waals surface area contributed by atoms with E-state index in [9.17, 15) is 24.0 Å². The van der Waals surface area contributed by atoms with Crippen LogP contribution in [0.25, 0.3) is 0 Å². The standard InChI is InChI=1S/C16H17N3O6/c1-9(14(22)18-16(17)24)25-15(23)11-4-2-10(3-5-11)8-19-12(20)6-7-13(19)21/h2-5,9H,6-8H2,1H3,(H3,17,18,22,24). The SMILES string of the molecule is CC(OC(=O)c1ccc(CN2C(=O)CCC2=O)cc1)C(=O)NC(N)=O. The van der Waals surface area contributed by atoms with Crippen LogP contribution in [0.2, 0.25) is 0 Å². The predicted octanol–water partition coefficient (Wildman–Crippen LogP) is 0.0758. The summed E-state index contributed by atoms with van der Waals surface area (Å²) >= 11 is 0. The zero-order chi connectivity index (χ0) is 18.6. The van der Waals surface area contributed by atoms with Crippen molar-refractivity contribution in [1.82, 2.24) is 10.2 Å². The number of hydrogen-bond acceptors (Lipinski definition) is 6. The van der Waals surface area contributed by atoms with Crippen molar-refractivity contribution in [2.75, 3.05) is 0 Å². The summed E-state index contributed by atoms with van der Waals surface area (Å²) in [6.07, 6.45) is -0.761. The van der Waals surface area contributed by atoms with Gasteiger partial charge < -0.3 is 10.5 Å². The van der Waals surface area contributed by atoms with E-state index in [1.165, 1.54) is 24.0 Å². The molecule has 132 valence electrons. The molecule has 1 aromatic carbocycles. The van der Waals surface area contributed by atoms with Crippen LogP contribution in [0.4, 0.5) is 4.79 Å². The normalized spacial score (nSPS) is 15.0. The molecule has 1 atom stereocenters. The van der Waals surface area contributed by atoms with Crippen molar-refractivity contribution in [3.63, 3.8) is 0 Å². The fourth-order valence-electron chi connectivity index (χ4n) is 2.23. The molecule has 0 aromatic heterocycles. The maximum Gasteiger partial charge on any atom is 0.338 e. The third-order valence-corrected chi connectivity index (χ3v) is 3.58. The van der Waals surface area contributed by atoms with Crippen LogP contribution in [-0.4, -0.2) is 40.7 Å². The summed E-state index contributed by atoms with van der Waals surface area (Å²) in [5, 5.41) is 1.81. The van der Waals surface area contributed by atoms with E-state index in [0.29, 0.717) is 5.56 Å². The molecule has 5 amide bonds. The highest BCUT2D eigenvalue weighted by Gasteiger charge is 2.28. The Morgan fingerprint density at radius 2 is 1.72 bits per heavy atom. The molecule has 25 heavy (non-hydrogen) atoms. The first kappa shape index (κ1) is 18.1. The lowest BCUT2D eigenvalue weighted by molar-refractivity contribution is -0.139. The lowest BCUT2D eigenvalue weighted by Gasteiger charge is -2.14. The van der Waals surface area contributed by atoms with Gasteiger partial charge in [0.15, 0.2) is 6.10 Å². The number of ether oxygens (including phenoxy) is 1. The van der Waals surface area contributed by atoms with Crippen molar-refractivity contribution >= 4 is 29.7 Å². The van der Waals surface area contributed by atoms with Gasteiger partial charge in [-0.05, 0) is 24.6 Å². The zero-order valence-electron chi connectivity index (χ0n) is 13.5. The van der Waals surface area contributed by atoms with Crippen molar-refractivity contribution < 1.29 is 28.7 Å². The molecule has 0 saturated carbocycles. The molecule has 3 N–H and O–H groups in total. The van der Waals surface area contributed by atoms with Gasteiger partial charge in [0, 0.05) is 12.8 Å². The van der Waals surface area contributed by atoms with Gasteiger partial charge in [0.05, 0.1) is 12.1 Å². The number of urea groups is 1. The molecular weight excluding hydrogens is 330 g/mol. The molecule has 1 aliphatic heterocycles. The van der Waals surface area contributed by atoms with E-state index < -0.39 is 24.0 Å². The van der Waals surface area contributed by atoms with Crippen LogP contribution in [-0.2, 0) is 25.7 Å². The van der Waals surface area contributed by atoms with E-state index in [1.807, 2.05) is 5.32 Å². The first-order valence-corrected chi connectivity index (χ1v) is 7.51. The second-order valence-electron chi connectivity index (χ2n) is 5.47. The highest BCUT2D eigenvalue weighted by molar-refractivity contribution is 6.02. The average molecular weight is 347 g/mol.